The van der Waals surface area contributed by atoms with Gasteiger partial charge in [-0.15, -0.1) is 0 Å². The molecule has 0 spiro atoms. The fourth-order valence-electron chi connectivity index (χ4n) is 2.92. The van der Waals surface area contributed by atoms with Gasteiger partial charge in [-0.2, -0.15) is 0 Å². The van der Waals surface area contributed by atoms with E-state index in [0.29, 0.717) is 18.2 Å². The minimum absolute atomic E-state index is 0.232. The highest BCUT2D eigenvalue weighted by Gasteiger charge is 2.13. The maximum Gasteiger partial charge on any atom is 0.274 e. The van der Waals surface area contributed by atoms with Crippen molar-refractivity contribution >= 4 is 17.5 Å². The van der Waals surface area contributed by atoms with Crippen LogP contribution in [0.5, 0.6) is 0 Å². The number of para-hydroxylation sites is 1. The second-order valence-electron chi connectivity index (χ2n) is 6.60. The molecule has 0 atom stereocenters. The van der Waals surface area contributed by atoms with E-state index >= 15 is 0 Å². The Balaban J connectivity index is 1.70. The molecule has 0 aliphatic carbocycles. The average molecular weight is 360 g/mol. The number of hydrogen-bond acceptors (Lipinski definition) is 4. The van der Waals surface area contributed by atoms with E-state index in [4.69, 9.17) is 0 Å². The van der Waals surface area contributed by atoms with Crippen LogP contribution in [0.2, 0.25) is 0 Å². The fraction of sp³-hybridized carbons (Fsp3) is 0.227. The van der Waals surface area contributed by atoms with Crippen molar-refractivity contribution in [3.8, 4) is 0 Å². The van der Waals surface area contributed by atoms with Crippen LogP contribution in [0.15, 0.2) is 54.6 Å². The van der Waals surface area contributed by atoms with Crippen molar-refractivity contribution in [2.75, 3.05) is 17.2 Å². The topological polar surface area (TPSA) is 66.9 Å². The molecule has 1 amide bonds. The molecule has 2 aromatic carbocycles. The van der Waals surface area contributed by atoms with Gasteiger partial charge in [0.2, 0.25) is 5.95 Å². The number of hydrogen-bond donors (Lipinski definition) is 2. The lowest BCUT2D eigenvalue weighted by Gasteiger charge is -2.12. The van der Waals surface area contributed by atoms with Gasteiger partial charge in [-0.25, -0.2) is 9.97 Å². The molecule has 1 heterocycles. The first-order chi connectivity index (χ1) is 13.0. The molecule has 3 rings (SSSR count). The zero-order valence-electron chi connectivity index (χ0n) is 15.9. The van der Waals surface area contributed by atoms with Gasteiger partial charge < -0.3 is 10.6 Å². The van der Waals surface area contributed by atoms with Crippen LogP contribution in [0.4, 0.5) is 11.6 Å². The summed E-state index contributed by atoms with van der Waals surface area (Å²) in [5.74, 6) is 0.238. The molecule has 2 N–H and O–H groups in total. The highest BCUT2D eigenvalue weighted by atomic mass is 16.1. The van der Waals surface area contributed by atoms with Crippen LogP contribution in [-0.2, 0) is 6.42 Å². The van der Waals surface area contributed by atoms with Crippen LogP contribution < -0.4 is 10.6 Å². The van der Waals surface area contributed by atoms with Gasteiger partial charge in [0.25, 0.3) is 5.91 Å². The van der Waals surface area contributed by atoms with Crippen molar-refractivity contribution in [1.29, 1.82) is 0 Å². The van der Waals surface area contributed by atoms with Crippen LogP contribution >= 0.6 is 0 Å². The van der Waals surface area contributed by atoms with E-state index < -0.39 is 0 Å². The summed E-state index contributed by atoms with van der Waals surface area (Å²) >= 11 is 0. The molecular formula is C22H24N4O. The summed E-state index contributed by atoms with van der Waals surface area (Å²) in [6.45, 7) is 6.51. The third-order valence-corrected chi connectivity index (χ3v) is 4.35. The highest BCUT2D eigenvalue weighted by Crippen LogP contribution is 2.20. The molecule has 0 bridgehead atoms. The van der Waals surface area contributed by atoms with Gasteiger partial charge in [-0.3, -0.25) is 4.79 Å². The van der Waals surface area contributed by atoms with Gasteiger partial charge in [0.15, 0.2) is 0 Å². The Hall–Kier alpha value is -3.21. The molecule has 0 saturated carbocycles. The van der Waals surface area contributed by atoms with Gasteiger partial charge in [-0.1, -0.05) is 48.5 Å². The first-order valence-corrected chi connectivity index (χ1v) is 9.04. The molecule has 3 aromatic rings. The average Bonchev–Trinajstić information content (AvgIpc) is 2.65. The number of benzene rings is 2. The van der Waals surface area contributed by atoms with Gasteiger partial charge in [0.05, 0.1) is 0 Å². The Labute approximate surface area is 159 Å². The summed E-state index contributed by atoms with van der Waals surface area (Å²) < 4.78 is 0. The van der Waals surface area contributed by atoms with Gasteiger partial charge in [0, 0.05) is 17.9 Å². The second kappa shape index (κ2) is 8.45. The number of carbonyl (C=O) groups is 1. The summed E-state index contributed by atoms with van der Waals surface area (Å²) in [5.41, 5.74) is 5.22. The molecule has 5 nitrogen and oxygen atoms in total. The van der Waals surface area contributed by atoms with Crippen molar-refractivity contribution in [3.63, 3.8) is 0 Å². The van der Waals surface area contributed by atoms with Crippen molar-refractivity contribution in [3.05, 3.63) is 82.7 Å². The predicted molar refractivity (Wildman–Crippen MR) is 109 cm³/mol. The van der Waals surface area contributed by atoms with E-state index in [9.17, 15) is 4.79 Å². The Bertz CT molecular complexity index is 918. The monoisotopic (exact) mass is 360 g/mol. The quantitative estimate of drug-likeness (QED) is 0.687. The van der Waals surface area contributed by atoms with Crippen LogP contribution in [0.1, 0.15) is 32.9 Å². The van der Waals surface area contributed by atoms with Crippen LogP contribution in [0.25, 0.3) is 0 Å². The summed E-state index contributed by atoms with van der Waals surface area (Å²) in [4.78, 5) is 21.5. The number of nitrogens with one attached hydrogen (secondary N) is 2. The lowest BCUT2D eigenvalue weighted by Crippen LogP contribution is -2.18. The largest absolute Gasteiger partial charge is 0.354 e. The Morgan fingerprint density at radius 1 is 0.926 bits per heavy atom. The third-order valence-electron chi connectivity index (χ3n) is 4.35. The van der Waals surface area contributed by atoms with E-state index in [-0.39, 0.29) is 5.91 Å². The summed E-state index contributed by atoms with van der Waals surface area (Å²) in [6, 6.07) is 17.8. The Kier molecular flexibility index (Phi) is 5.81. The van der Waals surface area contributed by atoms with Crippen molar-refractivity contribution in [2.45, 2.75) is 27.2 Å². The molecule has 0 unspecified atom stereocenters. The van der Waals surface area contributed by atoms with E-state index in [1.807, 2.05) is 57.2 Å². The first kappa shape index (κ1) is 18.6. The van der Waals surface area contributed by atoms with Gasteiger partial charge >= 0.3 is 0 Å². The first-order valence-electron chi connectivity index (χ1n) is 9.04. The summed E-state index contributed by atoms with van der Waals surface area (Å²) in [6.07, 6.45) is 0.863. The fourth-order valence-corrected chi connectivity index (χ4v) is 2.92. The standard InChI is InChI=1S/C22H24N4O/c1-15-8-7-9-16(2)20(15)26-21(27)19-14-17(3)24-22(25-19)23-13-12-18-10-5-4-6-11-18/h4-11,14H,12-13H2,1-3H3,(H,26,27)(H,23,24,25). The number of aromatic nitrogens is 2. The summed E-state index contributed by atoms with van der Waals surface area (Å²) in [5, 5.41) is 6.19. The van der Waals surface area contributed by atoms with E-state index in [1.54, 1.807) is 6.07 Å². The number of anilines is 2. The maximum atomic E-state index is 12.7. The minimum Gasteiger partial charge on any atom is -0.354 e. The van der Waals surface area contributed by atoms with E-state index in [0.717, 1.165) is 28.9 Å². The third kappa shape index (κ3) is 4.91. The molecule has 0 saturated heterocycles. The number of aryl methyl sites for hydroxylation is 3. The highest BCUT2D eigenvalue weighted by molar-refractivity contribution is 6.03. The number of rotatable bonds is 6. The second-order valence-corrected chi connectivity index (χ2v) is 6.60. The molecule has 0 fully saturated rings. The molecule has 0 radical (unpaired) electrons. The van der Waals surface area contributed by atoms with Crippen molar-refractivity contribution in [1.82, 2.24) is 9.97 Å². The zero-order chi connectivity index (χ0) is 19.2. The molecule has 0 aliphatic rings. The van der Waals surface area contributed by atoms with E-state index in [1.165, 1.54) is 5.56 Å². The molecule has 138 valence electrons. The van der Waals surface area contributed by atoms with E-state index in [2.05, 4.69) is 32.7 Å². The molecule has 27 heavy (non-hydrogen) atoms. The van der Waals surface area contributed by atoms with Crippen molar-refractivity contribution < 1.29 is 4.79 Å². The molecular weight excluding hydrogens is 336 g/mol. The zero-order valence-corrected chi connectivity index (χ0v) is 15.9. The Morgan fingerprint density at radius 2 is 1.63 bits per heavy atom. The Morgan fingerprint density at radius 3 is 2.33 bits per heavy atom. The molecule has 5 heteroatoms. The lowest BCUT2D eigenvalue weighted by atomic mass is 10.1. The molecule has 0 aliphatic heterocycles. The number of carbonyl (C=O) groups excluding carboxylic acids is 1. The van der Waals surface area contributed by atoms with Gasteiger partial charge in [0.1, 0.15) is 5.69 Å². The number of nitrogens with zero attached hydrogens (tertiary/aromatic N) is 2. The SMILES string of the molecule is Cc1cc(C(=O)Nc2c(C)cccc2C)nc(NCCc2ccccc2)n1. The number of amides is 1. The van der Waals surface area contributed by atoms with Gasteiger partial charge in [-0.05, 0) is 49.9 Å². The predicted octanol–water partition coefficient (Wildman–Crippen LogP) is 4.31. The normalized spacial score (nSPS) is 10.5. The lowest BCUT2D eigenvalue weighted by molar-refractivity contribution is 0.102. The maximum absolute atomic E-state index is 12.7. The van der Waals surface area contributed by atoms with Crippen LogP contribution in [-0.4, -0.2) is 22.4 Å². The smallest absolute Gasteiger partial charge is 0.274 e. The summed E-state index contributed by atoms with van der Waals surface area (Å²) in [7, 11) is 0. The van der Waals surface area contributed by atoms with Crippen LogP contribution in [0, 0.1) is 20.8 Å². The van der Waals surface area contributed by atoms with Crippen molar-refractivity contribution in [2.24, 2.45) is 0 Å². The minimum atomic E-state index is -0.232. The van der Waals surface area contributed by atoms with Crippen LogP contribution in [0.3, 0.4) is 0 Å². The molecule has 1 aromatic heterocycles.